The van der Waals surface area contributed by atoms with Crippen LogP contribution in [0.5, 0.6) is 11.5 Å². The smallest absolute Gasteiger partial charge is 0.465 e. The molecule has 3 fully saturated rings. The fraction of sp³-hybridized carbons (Fsp3) is 0.727. The Kier molecular flexibility index (Phi) is 6.12. The summed E-state index contributed by atoms with van der Waals surface area (Å²) in [6.07, 6.45) is 5.70. The van der Waals surface area contributed by atoms with Gasteiger partial charge in [0.05, 0.1) is 24.4 Å². The Morgan fingerprint density at radius 2 is 1.41 bits per heavy atom. The molecular formula is C22H33BO6. The van der Waals surface area contributed by atoms with E-state index in [0.717, 1.165) is 63.0 Å². The lowest BCUT2D eigenvalue weighted by Gasteiger charge is -2.32. The Morgan fingerprint density at radius 1 is 0.828 bits per heavy atom. The lowest BCUT2D eigenvalue weighted by molar-refractivity contribution is -0.108. The van der Waals surface area contributed by atoms with Gasteiger partial charge in [-0.2, -0.15) is 0 Å². The predicted octanol–water partition coefficient (Wildman–Crippen LogP) is 3.80. The molecule has 4 rings (SSSR count). The van der Waals surface area contributed by atoms with Crippen molar-refractivity contribution in [3.8, 4) is 11.5 Å². The molecule has 160 valence electrons. The van der Waals surface area contributed by atoms with Crippen molar-refractivity contribution in [3.05, 3.63) is 18.2 Å². The maximum atomic E-state index is 6.26. The maximum Gasteiger partial charge on any atom is 0.498 e. The molecule has 0 saturated carbocycles. The van der Waals surface area contributed by atoms with Gasteiger partial charge in [0.1, 0.15) is 11.5 Å². The fourth-order valence-corrected chi connectivity index (χ4v) is 3.76. The number of ether oxygens (including phenoxy) is 4. The summed E-state index contributed by atoms with van der Waals surface area (Å²) in [5.74, 6) is 1.41. The minimum atomic E-state index is -0.501. The molecule has 0 amide bonds. The fourth-order valence-electron chi connectivity index (χ4n) is 3.76. The van der Waals surface area contributed by atoms with E-state index in [2.05, 4.69) is 27.7 Å². The van der Waals surface area contributed by atoms with E-state index in [1.54, 1.807) is 0 Å². The number of hydrogen-bond acceptors (Lipinski definition) is 6. The summed E-state index contributed by atoms with van der Waals surface area (Å²) in [6, 6.07) is 5.82. The van der Waals surface area contributed by atoms with Crippen LogP contribution in [0.25, 0.3) is 0 Å². The first-order chi connectivity index (χ1) is 13.8. The van der Waals surface area contributed by atoms with Crippen molar-refractivity contribution in [1.82, 2.24) is 0 Å². The van der Waals surface area contributed by atoms with E-state index in [1.165, 1.54) is 0 Å². The summed E-state index contributed by atoms with van der Waals surface area (Å²) < 4.78 is 36.4. The van der Waals surface area contributed by atoms with E-state index >= 15 is 0 Å². The van der Waals surface area contributed by atoms with Crippen LogP contribution in [-0.2, 0) is 18.8 Å². The zero-order valence-electron chi connectivity index (χ0n) is 18.1. The highest BCUT2D eigenvalue weighted by atomic mass is 16.7. The summed E-state index contributed by atoms with van der Waals surface area (Å²) >= 11 is 0. The van der Waals surface area contributed by atoms with Crippen LogP contribution in [0.4, 0.5) is 0 Å². The third-order valence-corrected chi connectivity index (χ3v) is 6.29. The minimum Gasteiger partial charge on any atom is -0.465 e. The molecule has 0 aromatic heterocycles. The second kappa shape index (κ2) is 8.46. The van der Waals surface area contributed by atoms with Gasteiger partial charge in [-0.05, 0) is 59.4 Å². The van der Waals surface area contributed by atoms with Gasteiger partial charge in [-0.1, -0.05) is 6.07 Å². The zero-order chi connectivity index (χ0) is 20.5. The molecule has 3 aliphatic rings. The molecule has 0 radical (unpaired) electrons. The largest absolute Gasteiger partial charge is 0.498 e. The van der Waals surface area contributed by atoms with E-state index in [1.807, 2.05) is 18.2 Å². The molecule has 1 aromatic rings. The minimum absolute atomic E-state index is 0.203. The molecule has 2 atom stereocenters. The summed E-state index contributed by atoms with van der Waals surface area (Å²) in [5, 5.41) is 0. The Morgan fingerprint density at radius 3 is 1.97 bits per heavy atom. The molecule has 0 aliphatic carbocycles. The Hall–Kier alpha value is -1.28. The molecule has 29 heavy (non-hydrogen) atoms. The topological polar surface area (TPSA) is 55.4 Å². The molecule has 0 N–H and O–H groups in total. The molecule has 3 saturated heterocycles. The summed E-state index contributed by atoms with van der Waals surface area (Å²) in [4.78, 5) is 0. The van der Waals surface area contributed by atoms with E-state index in [-0.39, 0.29) is 12.6 Å². The van der Waals surface area contributed by atoms with Crippen molar-refractivity contribution in [2.75, 3.05) is 13.2 Å². The van der Waals surface area contributed by atoms with E-state index < -0.39 is 18.3 Å². The Labute approximate surface area is 174 Å². The highest BCUT2D eigenvalue weighted by molar-refractivity contribution is 6.63. The van der Waals surface area contributed by atoms with Crippen molar-refractivity contribution < 1.29 is 28.3 Å². The number of benzene rings is 1. The van der Waals surface area contributed by atoms with Crippen LogP contribution >= 0.6 is 0 Å². The lowest BCUT2D eigenvalue weighted by atomic mass is 9.78. The summed E-state index contributed by atoms with van der Waals surface area (Å²) in [7, 11) is -0.501. The second-order valence-electron chi connectivity index (χ2n) is 9.12. The van der Waals surface area contributed by atoms with Crippen LogP contribution in [-0.4, -0.2) is 44.1 Å². The van der Waals surface area contributed by atoms with Gasteiger partial charge in [0, 0.05) is 24.4 Å². The maximum absolute atomic E-state index is 6.26. The first-order valence-electron chi connectivity index (χ1n) is 10.9. The summed E-state index contributed by atoms with van der Waals surface area (Å²) in [6.45, 7) is 9.68. The lowest BCUT2D eigenvalue weighted by Crippen LogP contribution is -2.41. The first-order valence-corrected chi connectivity index (χ1v) is 10.9. The molecule has 0 spiro atoms. The van der Waals surface area contributed by atoms with Crippen molar-refractivity contribution >= 4 is 12.6 Å². The third kappa shape index (κ3) is 4.74. The van der Waals surface area contributed by atoms with Crippen LogP contribution < -0.4 is 14.9 Å². The Balaban J connectivity index is 1.57. The van der Waals surface area contributed by atoms with E-state index in [0.29, 0.717) is 5.75 Å². The van der Waals surface area contributed by atoms with Crippen molar-refractivity contribution in [1.29, 1.82) is 0 Å². The van der Waals surface area contributed by atoms with Gasteiger partial charge in [-0.25, -0.2) is 0 Å². The molecule has 0 bridgehead atoms. The second-order valence-corrected chi connectivity index (χ2v) is 9.12. The molecule has 1 aromatic carbocycles. The first kappa shape index (κ1) is 21.0. The van der Waals surface area contributed by atoms with Gasteiger partial charge in [0.2, 0.25) is 0 Å². The van der Waals surface area contributed by atoms with Gasteiger partial charge in [0.15, 0.2) is 12.6 Å². The number of hydrogen-bond donors (Lipinski definition) is 0. The molecule has 3 heterocycles. The Bertz CT molecular complexity index is 679. The van der Waals surface area contributed by atoms with E-state index in [4.69, 9.17) is 28.3 Å². The molecule has 3 aliphatic heterocycles. The van der Waals surface area contributed by atoms with Gasteiger partial charge >= 0.3 is 7.12 Å². The highest BCUT2D eigenvalue weighted by Gasteiger charge is 2.52. The number of rotatable bonds is 5. The normalized spacial score (nSPS) is 28.9. The SMILES string of the molecule is CC1(C)OB(c2ccc(OC3CCCCO3)cc2OC2CCCCO2)OC1(C)C. The van der Waals surface area contributed by atoms with Crippen LogP contribution in [0.1, 0.15) is 66.2 Å². The van der Waals surface area contributed by atoms with Crippen molar-refractivity contribution in [3.63, 3.8) is 0 Å². The monoisotopic (exact) mass is 404 g/mol. The van der Waals surface area contributed by atoms with Crippen molar-refractivity contribution in [2.24, 2.45) is 0 Å². The molecule has 6 nitrogen and oxygen atoms in total. The van der Waals surface area contributed by atoms with E-state index in [9.17, 15) is 0 Å². The third-order valence-electron chi connectivity index (χ3n) is 6.29. The molecule has 7 heteroatoms. The quantitative estimate of drug-likeness (QED) is 0.696. The van der Waals surface area contributed by atoms with Crippen LogP contribution in [0.15, 0.2) is 18.2 Å². The van der Waals surface area contributed by atoms with Crippen molar-refractivity contribution in [2.45, 2.75) is 90.0 Å². The van der Waals surface area contributed by atoms with Gasteiger partial charge in [-0.15, -0.1) is 0 Å². The van der Waals surface area contributed by atoms with Gasteiger partial charge < -0.3 is 28.3 Å². The zero-order valence-corrected chi connectivity index (χ0v) is 18.1. The van der Waals surface area contributed by atoms with Gasteiger partial charge in [0.25, 0.3) is 0 Å². The molecule has 2 unspecified atom stereocenters. The standard InChI is InChI=1S/C22H33BO6/c1-21(2)22(3,4)29-23(28-21)17-12-11-16(26-19-9-5-7-13-24-19)15-18(17)27-20-10-6-8-14-25-20/h11-12,15,19-20H,5-10,13-14H2,1-4H3. The summed E-state index contributed by atoms with van der Waals surface area (Å²) in [5.41, 5.74) is 0.0256. The van der Waals surface area contributed by atoms with Crippen LogP contribution in [0.2, 0.25) is 0 Å². The predicted molar refractivity (Wildman–Crippen MR) is 111 cm³/mol. The average Bonchev–Trinajstić information content (AvgIpc) is 2.91. The van der Waals surface area contributed by atoms with Crippen LogP contribution in [0, 0.1) is 0 Å². The highest BCUT2D eigenvalue weighted by Crippen LogP contribution is 2.38. The van der Waals surface area contributed by atoms with Crippen LogP contribution in [0.3, 0.4) is 0 Å². The average molecular weight is 404 g/mol. The van der Waals surface area contributed by atoms with Gasteiger partial charge in [-0.3, -0.25) is 0 Å². The molecular weight excluding hydrogens is 371 g/mol.